The van der Waals surface area contributed by atoms with E-state index >= 15 is 0 Å². The van der Waals surface area contributed by atoms with Crippen molar-refractivity contribution in [3.05, 3.63) is 23.8 Å². The van der Waals surface area contributed by atoms with Crippen LogP contribution in [0, 0.1) is 17.8 Å². The average Bonchev–Trinajstić information content (AvgIpc) is 2.89. The second-order valence-corrected chi connectivity index (χ2v) is 6.18. The zero-order valence-corrected chi connectivity index (χ0v) is 14.5. The number of aliphatic carboxylic acids is 1. The molecule has 0 saturated heterocycles. The summed E-state index contributed by atoms with van der Waals surface area (Å²) >= 11 is 0. The lowest BCUT2D eigenvalue weighted by atomic mass is 9.96. The summed E-state index contributed by atoms with van der Waals surface area (Å²) < 4.78 is 0. The van der Waals surface area contributed by atoms with Crippen LogP contribution in [-0.4, -0.2) is 28.1 Å². The highest BCUT2D eigenvalue weighted by Gasteiger charge is 2.22. The van der Waals surface area contributed by atoms with Crippen molar-refractivity contribution in [2.45, 2.75) is 70.8 Å². The van der Waals surface area contributed by atoms with Crippen LogP contribution in [0.2, 0.25) is 0 Å². The molecule has 0 fully saturated rings. The Morgan fingerprint density at radius 1 is 1.33 bits per heavy atom. The second-order valence-electron chi connectivity index (χ2n) is 6.18. The van der Waals surface area contributed by atoms with Crippen molar-refractivity contribution in [3.63, 3.8) is 0 Å². The Morgan fingerprint density at radius 2 is 2.12 bits per heavy atom. The van der Waals surface area contributed by atoms with E-state index in [4.69, 9.17) is 5.11 Å². The molecular weight excluding hydrogens is 304 g/mol. The number of carbonyl (C=O) groups excluding carboxylic acids is 1. The average molecular weight is 332 g/mol. The molecule has 4 heteroatoms. The minimum atomic E-state index is -0.802. The standard InChI is InChI=1S/C20H28O4/c1-2-3-6-10-17(21)13-14-18-16(12-15-19(18)22)9-7-4-5-8-11-20(23)24/h12,14-17,21H,2-3,5-6,8-11,13H2,1H3,(H,23,24)/b18-14+/t16-,17-/m0/s1. The van der Waals surface area contributed by atoms with Crippen LogP contribution in [0.1, 0.15) is 64.7 Å². The summed E-state index contributed by atoms with van der Waals surface area (Å²) in [6.45, 7) is 2.13. The van der Waals surface area contributed by atoms with Crippen LogP contribution in [-0.2, 0) is 9.59 Å². The number of unbranched alkanes of at least 4 members (excludes halogenated alkanes) is 3. The molecule has 0 spiro atoms. The van der Waals surface area contributed by atoms with E-state index in [0.717, 1.165) is 31.3 Å². The van der Waals surface area contributed by atoms with Crippen LogP contribution < -0.4 is 0 Å². The summed E-state index contributed by atoms with van der Waals surface area (Å²) in [7, 11) is 0. The summed E-state index contributed by atoms with van der Waals surface area (Å²) in [4.78, 5) is 22.3. The van der Waals surface area contributed by atoms with Crippen molar-refractivity contribution < 1.29 is 19.8 Å². The molecule has 0 amide bonds. The predicted molar refractivity (Wildman–Crippen MR) is 94.4 cm³/mol. The number of hydrogen-bond donors (Lipinski definition) is 2. The maximum atomic E-state index is 11.9. The molecular formula is C20H28O4. The number of rotatable bonds is 10. The van der Waals surface area contributed by atoms with E-state index in [0.29, 0.717) is 25.7 Å². The lowest BCUT2D eigenvalue weighted by Gasteiger charge is -2.10. The number of hydrogen-bond acceptors (Lipinski definition) is 3. The molecule has 24 heavy (non-hydrogen) atoms. The Balaban J connectivity index is 2.42. The third-order valence-corrected chi connectivity index (χ3v) is 4.05. The fourth-order valence-electron chi connectivity index (χ4n) is 2.63. The minimum Gasteiger partial charge on any atom is -0.481 e. The van der Waals surface area contributed by atoms with E-state index < -0.39 is 5.97 Å². The Labute approximate surface area is 144 Å². The number of carboxylic acid groups (broad SMARTS) is 1. The summed E-state index contributed by atoms with van der Waals surface area (Å²) in [5, 5.41) is 18.5. The molecule has 4 nitrogen and oxygen atoms in total. The van der Waals surface area contributed by atoms with Crippen LogP contribution in [0.15, 0.2) is 23.8 Å². The van der Waals surface area contributed by atoms with Crippen LogP contribution >= 0.6 is 0 Å². The van der Waals surface area contributed by atoms with Gasteiger partial charge in [0.25, 0.3) is 0 Å². The Kier molecular flexibility index (Phi) is 9.79. The van der Waals surface area contributed by atoms with E-state index in [1.807, 2.05) is 12.2 Å². The van der Waals surface area contributed by atoms with Crippen molar-refractivity contribution in [1.29, 1.82) is 0 Å². The van der Waals surface area contributed by atoms with Crippen LogP contribution in [0.4, 0.5) is 0 Å². The van der Waals surface area contributed by atoms with E-state index in [1.54, 1.807) is 6.08 Å². The number of ketones is 1. The summed E-state index contributed by atoms with van der Waals surface area (Å²) in [5.41, 5.74) is 0.726. The van der Waals surface area contributed by atoms with Gasteiger partial charge in [0.05, 0.1) is 6.10 Å². The Bertz CT molecular complexity index is 534. The first kappa shape index (κ1) is 20.2. The van der Waals surface area contributed by atoms with Gasteiger partial charge in [-0.05, 0) is 25.3 Å². The van der Waals surface area contributed by atoms with Gasteiger partial charge < -0.3 is 10.2 Å². The molecule has 2 atom stereocenters. The normalized spacial score (nSPS) is 19.3. The fourth-order valence-corrected chi connectivity index (χ4v) is 2.63. The molecule has 0 saturated carbocycles. The van der Waals surface area contributed by atoms with Gasteiger partial charge in [0, 0.05) is 30.8 Å². The highest BCUT2D eigenvalue weighted by Crippen LogP contribution is 2.25. The molecule has 1 rings (SSSR count). The fraction of sp³-hybridized carbons (Fsp3) is 0.600. The molecule has 0 aromatic heterocycles. The molecule has 2 N–H and O–H groups in total. The molecule has 1 aliphatic carbocycles. The molecule has 0 aliphatic heterocycles. The number of aliphatic hydroxyl groups is 1. The van der Waals surface area contributed by atoms with Gasteiger partial charge in [0.2, 0.25) is 0 Å². The number of aliphatic hydroxyl groups excluding tert-OH is 1. The smallest absolute Gasteiger partial charge is 0.303 e. The molecule has 0 aromatic rings. The van der Waals surface area contributed by atoms with Gasteiger partial charge in [0.15, 0.2) is 5.78 Å². The van der Waals surface area contributed by atoms with E-state index in [9.17, 15) is 14.7 Å². The third-order valence-electron chi connectivity index (χ3n) is 4.05. The van der Waals surface area contributed by atoms with Gasteiger partial charge in [-0.25, -0.2) is 0 Å². The number of allylic oxidation sites excluding steroid dienone is 3. The zero-order chi connectivity index (χ0) is 17.8. The number of carboxylic acids is 1. The number of carbonyl (C=O) groups is 2. The maximum absolute atomic E-state index is 11.9. The van der Waals surface area contributed by atoms with Gasteiger partial charge in [-0.2, -0.15) is 0 Å². The first-order valence-corrected chi connectivity index (χ1v) is 8.82. The molecule has 0 bridgehead atoms. The summed E-state index contributed by atoms with van der Waals surface area (Å²) in [6, 6.07) is 0. The van der Waals surface area contributed by atoms with Gasteiger partial charge in [-0.3, -0.25) is 9.59 Å². The Morgan fingerprint density at radius 3 is 2.83 bits per heavy atom. The lowest BCUT2D eigenvalue weighted by Crippen LogP contribution is -2.08. The first-order valence-electron chi connectivity index (χ1n) is 8.82. The lowest BCUT2D eigenvalue weighted by molar-refractivity contribution is -0.137. The van der Waals surface area contributed by atoms with Crippen molar-refractivity contribution >= 4 is 11.8 Å². The Hall–Kier alpha value is -1.86. The summed E-state index contributed by atoms with van der Waals surface area (Å²) in [5.74, 6) is 5.20. The van der Waals surface area contributed by atoms with E-state index in [1.165, 1.54) is 0 Å². The van der Waals surface area contributed by atoms with E-state index in [-0.39, 0.29) is 24.2 Å². The minimum absolute atomic E-state index is 0.00712. The molecule has 1 aliphatic rings. The largest absolute Gasteiger partial charge is 0.481 e. The van der Waals surface area contributed by atoms with Gasteiger partial charge in [-0.1, -0.05) is 38.3 Å². The molecule has 0 heterocycles. The van der Waals surface area contributed by atoms with Gasteiger partial charge >= 0.3 is 5.97 Å². The van der Waals surface area contributed by atoms with Crippen molar-refractivity contribution in [3.8, 4) is 11.8 Å². The molecule has 0 aromatic carbocycles. The topological polar surface area (TPSA) is 74.6 Å². The quantitative estimate of drug-likeness (QED) is 0.364. The van der Waals surface area contributed by atoms with Crippen molar-refractivity contribution in [2.24, 2.45) is 5.92 Å². The first-order chi connectivity index (χ1) is 11.5. The van der Waals surface area contributed by atoms with Gasteiger partial charge in [0.1, 0.15) is 0 Å². The third kappa shape index (κ3) is 8.12. The molecule has 0 unspecified atom stereocenters. The highest BCUT2D eigenvalue weighted by molar-refractivity contribution is 6.07. The maximum Gasteiger partial charge on any atom is 0.303 e. The van der Waals surface area contributed by atoms with E-state index in [2.05, 4.69) is 18.8 Å². The summed E-state index contributed by atoms with van der Waals surface area (Å²) in [6.07, 6.45) is 11.3. The highest BCUT2D eigenvalue weighted by atomic mass is 16.4. The van der Waals surface area contributed by atoms with Crippen molar-refractivity contribution in [2.75, 3.05) is 0 Å². The van der Waals surface area contributed by atoms with Crippen LogP contribution in [0.5, 0.6) is 0 Å². The van der Waals surface area contributed by atoms with Crippen molar-refractivity contribution in [1.82, 2.24) is 0 Å². The zero-order valence-electron chi connectivity index (χ0n) is 14.5. The second kappa shape index (κ2) is 11.6. The monoisotopic (exact) mass is 332 g/mol. The molecule has 132 valence electrons. The SMILES string of the molecule is CCCCC[C@H](O)C/C=C1/C(=O)C=C[C@@H]1CC#CCCCC(=O)O. The van der Waals surface area contributed by atoms with Crippen LogP contribution in [0.25, 0.3) is 0 Å². The van der Waals surface area contributed by atoms with Gasteiger partial charge in [-0.15, -0.1) is 11.8 Å². The predicted octanol–water partition coefficient (Wildman–Crippen LogP) is 3.65. The van der Waals surface area contributed by atoms with Crippen LogP contribution in [0.3, 0.4) is 0 Å². The molecule has 0 radical (unpaired) electrons.